The van der Waals surface area contributed by atoms with Crippen LogP contribution in [0.1, 0.15) is 20.3 Å². The highest BCUT2D eigenvalue weighted by atomic mass is 32.1. The lowest BCUT2D eigenvalue weighted by atomic mass is 10.2. The number of hydrogen-bond acceptors (Lipinski definition) is 5. The van der Waals surface area contributed by atoms with Gasteiger partial charge in [0.15, 0.2) is 0 Å². The molecule has 0 N–H and O–H groups in total. The zero-order chi connectivity index (χ0) is 17.1. The molecule has 1 aliphatic rings. The van der Waals surface area contributed by atoms with Crippen LogP contribution in [0.5, 0.6) is 0 Å². The van der Waals surface area contributed by atoms with Crippen LogP contribution in [0.3, 0.4) is 0 Å². The molecule has 6 nitrogen and oxygen atoms in total. The maximum Gasteiger partial charge on any atom is 0.262 e. The van der Waals surface area contributed by atoms with Crippen LogP contribution in [0.2, 0.25) is 0 Å². The van der Waals surface area contributed by atoms with E-state index in [1.165, 1.54) is 11.3 Å². The van der Waals surface area contributed by atoms with Crippen LogP contribution in [0, 0.1) is 5.92 Å². The number of thiophene rings is 1. The van der Waals surface area contributed by atoms with Crippen molar-refractivity contribution in [1.29, 1.82) is 0 Å². The summed E-state index contributed by atoms with van der Waals surface area (Å²) < 4.78 is 1.54. The summed E-state index contributed by atoms with van der Waals surface area (Å²) in [5, 5.41) is 2.50. The van der Waals surface area contributed by atoms with E-state index in [-0.39, 0.29) is 11.5 Å². The maximum absolute atomic E-state index is 12.4. The number of hydrogen-bond donors (Lipinski definition) is 0. The van der Waals surface area contributed by atoms with Crippen LogP contribution in [0.4, 0.5) is 0 Å². The predicted octanol–water partition coefficient (Wildman–Crippen LogP) is 1.65. The Morgan fingerprint density at radius 3 is 2.75 bits per heavy atom. The minimum absolute atomic E-state index is 0.0594. The quantitative estimate of drug-likeness (QED) is 0.824. The molecule has 3 heterocycles. The third-order valence-electron chi connectivity index (χ3n) is 4.37. The van der Waals surface area contributed by atoms with Crippen molar-refractivity contribution in [1.82, 2.24) is 19.4 Å². The molecule has 24 heavy (non-hydrogen) atoms. The van der Waals surface area contributed by atoms with Crippen LogP contribution in [-0.2, 0) is 11.3 Å². The van der Waals surface area contributed by atoms with Gasteiger partial charge in [0.25, 0.3) is 5.56 Å². The highest BCUT2D eigenvalue weighted by Gasteiger charge is 2.21. The zero-order valence-electron chi connectivity index (χ0n) is 14.3. The molecule has 1 aliphatic heterocycles. The van der Waals surface area contributed by atoms with E-state index in [0.29, 0.717) is 24.3 Å². The largest absolute Gasteiger partial charge is 0.340 e. The van der Waals surface area contributed by atoms with Crippen molar-refractivity contribution in [3.8, 4) is 0 Å². The molecule has 3 rings (SSSR count). The summed E-state index contributed by atoms with van der Waals surface area (Å²) in [6.07, 6.45) is 1.90. The summed E-state index contributed by atoms with van der Waals surface area (Å²) in [4.78, 5) is 34.1. The predicted molar refractivity (Wildman–Crippen MR) is 96.4 cm³/mol. The van der Waals surface area contributed by atoms with Crippen LogP contribution >= 0.6 is 11.3 Å². The molecule has 0 spiro atoms. The molecule has 0 unspecified atom stereocenters. The van der Waals surface area contributed by atoms with E-state index >= 15 is 0 Å². The molecule has 1 fully saturated rings. The molecule has 1 saturated heterocycles. The molecule has 0 aromatic carbocycles. The number of aromatic nitrogens is 2. The second-order valence-electron chi connectivity index (χ2n) is 6.71. The molecule has 2 aromatic rings. The number of piperazine rings is 1. The van der Waals surface area contributed by atoms with E-state index in [2.05, 4.69) is 23.7 Å². The van der Waals surface area contributed by atoms with E-state index in [4.69, 9.17) is 0 Å². The summed E-state index contributed by atoms with van der Waals surface area (Å²) in [5.41, 5.74) is -0.0594. The average Bonchev–Trinajstić information content (AvgIpc) is 3.03. The van der Waals surface area contributed by atoms with Gasteiger partial charge in [-0.2, -0.15) is 0 Å². The van der Waals surface area contributed by atoms with Gasteiger partial charge in [0.05, 0.1) is 11.7 Å². The Hall–Kier alpha value is -1.73. The molecular weight excluding hydrogens is 324 g/mol. The van der Waals surface area contributed by atoms with Gasteiger partial charge >= 0.3 is 0 Å². The molecular formula is C17H24N4O2S. The minimum atomic E-state index is -0.0594. The van der Waals surface area contributed by atoms with Gasteiger partial charge in [-0.05, 0) is 17.4 Å². The first kappa shape index (κ1) is 17.1. The first-order valence-electron chi connectivity index (χ1n) is 8.47. The number of fused-ring (bicyclic) bond motifs is 1. The van der Waals surface area contributed by atoms with Crippen molar-refractivity contribution in [3.05, 3.63) is 28.1 Å². The Bertz CT molecular complexity index is 759. The van der Waals surface area contributed by atoms with E-state index in [9.17, 15) is 9.59 Å². The van der Waals surface area contributed by atoms with Gasteiger partial charge in [0, 0.05) is 45.7 Å². The summed E-state index contributed by atoms with van der Waals surface area (Å²) in [5.74, 6) is 0.773. The third-order valence-corrected chi connectivity index (χ3v) is 5.19. The van der Waals surface area contributed by atoms with Crippen LogP contribution in [0.25, 0.3) is 10.2 Å². The molecule has 0 bridgehead atoms. The Morgan fingerprint density at radius 2 is 2.04 bits per heavy atom. The Labute approximate surface area is 145 Å². The molecule has 0 atom stereocenters. The standard InChI is InChI=1S/C17H24N4O2S/c1-13(2)11-19-6-8-20(9-7-19)15(22)3-5-21-12-18-16-14(17(21)23)4-10-24-16/h4,10,12-13H,3,5-9,11H2,1-2H3. The fourth-order valence-corrected chi connectivity index (χ4v) is 3.85. The first-order valence-corrected chi connectivity index (χ1v) is 9.35. The minimum Gasteiger partial charge on any atom is -0.340 e. The van der Waals surface area contributed by atoms with Crippen molar-refractivity contribution in [3.63, 3.8) is 0 Å². The number of carbonyl (C=O) groups is 1. The third kappa shape index (κ3) is 3.84. The van der Waals surface area contributed by atoms with Crippen molar-refractivity contribution < 1.29 is 4.79 Å². The van der Waals surface area contributed by atoms with Gasteiger partial charge in [-0.25, -0.2) is 4.98 Å². The number of carbonyl (C=O) groups excluding carboxylic acids is 1. The van der Waals surface area contributed by atoms with Crippen molar-refractivity contribution in [2.24, 2.45) is 5.92 Å². The van der Waals surface area contributed by atoms with Crippen LogP contribution in [-0.4, -0.2) is 58.0 Å². The molecule has 130 valence electrons. The van der Waals surface area contributed by atoms with E-state index in [1.807, 2.05) is 10.3 Å². The topological polar surface area (TPSA) is 58.4 Å². The van der Waals surface area contributed by atoms with Gasteiger partial charge < -0.3 is 4.90 Å². The fraction of sp³-hybridized carbons (Fsp3) is 0.588. The molecule has 7 heteroatoms. The lowest BCUT2D eigenvalue weighted by molar-refractivity contribution is -0.133. The SMILES string of the molecule is CC(C)CN1CCN(C(=O)CCn2cnc3sccc3c2=O)CC1. The lowest BCUT2D eigenvalue weighted by Crippen LogP contribution is -2.49. The van der Waals surface area contributed by atoms with Crippen molar-refractivity contribution in [2.75, 3.05) is 32.7 Å². The number of rotatable bonds is 5. The number of amides is 1. The van der Waals surface area contributed by atoms with Crippen molar-refractivity contribution >= 4 is 27.5 Å². The molecule has 0 saturated carbocycles. The lowest BCUT2D eigenvalue weighted by Gasteiger charge is -2.35. The van der Waals surface area contributed by atoms with Crippen LogP contribution < -0.4 is 5.56 Å². The molecule has 0 radical (unpaired) electrons. The van der Waals surface area contributed by atoms with Crippen molar-refractivity contribution in [2.45, 2.75) is 26.8 Å². The smallest absolute Gasteiger partial charge is 0.262 e. The summed E-state index contributed by atoms with van der Waals surface area (Å²) in [6, 6.07) is 1.79. The van der Waals surface area contributed by atoms with Gasteiger partial charge in [-0.1, -0.05) is 13.8 Å². The highest BCUT2D eigenvalue weighted by Crippen LogP contribution is 2.13. The van der Waals surface area contributed by atoms with Gasteiger partial charge in [-0.15, -0.1) is 11.3 Å². The second-order valence-corrected chi connectivity index (χ2v) is 7.60. The van der Waals surface area contributed by atoms with E-state index < -0.39 is 0 Å². The molecule has 0 aliphatic carbocycles. The number of nitrogens with zero attached hydrogens (tertiary/aromatic N) is 4. The molecule has 2 aromatic heterocycles. The molecule has 1 amide bonds. The zero-order valence-corrected chi connectivity index (χ0v) is 15.1. The van der Waals surface area contributed by atoms with Crippen LogP contribution in [0.15, 0.2) is 22.6 Å². The van der Waals surface area contributed by atoms with Gasteiger partial charge in [0.1, 0.15) is 4.83 Å². The highest BCUT2D eigenvalue weighted by molar-refractivity contribution is 7.16. The van der Waals surface area contributed by atoms with E-state index in [0.717, 1.165) is 37.6 Å². The number of aryl methyl sites for hydroxylation is 1. The maximum atomic E-state index is 12.4. The average molecular weight is 348 g/mol. The Morgan fingerprint density at radius 1 is 1.29 bits per heavy atom. The van der Waals surface area contributed by atoms with E-state index in [1.54, 1.807) is 17.0 Å². The van der Waals surface area contributed by atoms with Gasteiger partial charge in [0.2, 0.25) is 5.91 Å². The Balaban J connectivity index is 1.54. The summed E-state index contributed by atoms with van der Waals surface area (Å²) in [6.45, 7) is 9.34. The monoisotopic (exact) mass is 348 g/mol. The second kappa shape index (κ2) is 7.44. The van der Waals surface area contributed by atoms with Gasteiger partial charge in [-0.3, -0.25) is 19.1 Å². The first-order chi connectivity index (χ1) is 11.5. The normalized spacial score (nSPS) is 16.2. The summed E-state index contributed by atoms with van der Waals surface area (Å²) >= 11 is 1.46. The fourth-order valence-electron chi connectivity index (χ4n) is 3.12. The Kier molecular flexibility index (Phi) is 5.30. The summed E-state index contributed by atoms with van der Waals surface area (Å²) in [7, 11) is 0.